The molecule has 0 aromatic carbocycles. The van der Waals surface area contributed by atoms with Crippen molar-refractivity contribution in [3.63, 3.8) is 0 Å². The first kappa shape index (κ1) is 15.4. The molecule has 2 rings (SSSR count). The summed E-state index contributed by atoms with van der Waals surface area (Å²) in [5.41, 5.74) is 5.47. The van der Waals surface area contributed by atoms with Crippen LogP contribution in [0.5, 0.6) is 0 Å². The number of aromatic amines is 1. The van der Waals surface area contributed by atoms with Crippen molar-refractivity contribution >= 4 is 10.0 Å². The van der Waals surface area contributed by atoms with Gasteiger partial charge in [0.2, 0.25) is 0 Å². The van der Waals surface area contributed by atoms with Crippen LogP contribution in [0.1, 0.15) is 18.7 Å². The molecule has 1 aromatic rings. The van der Waals surface area contributed by atoms with Crippen LogP contribution in [0.25, 0.3) is 0 Å². The third kappa shape index (κ3) is 3.57. The molecule has 0 aliphatic carbocycles. The van der Waals surface area contributed by atoms with Crippen molar-refractivity contribution in [2.45, 2.75) is 24.8 Å². The van der Waals surface area contributed by atoms with Crippen LogP contribution >= 0.6 is 0 Å². The lowest BCUT2D eigenvalue weighted by molar-refractivity contribution is 0.186. The minimum Gasteiger partial charge on any atom is -0.332 e. The summed E-state index contributed by atoms with van der Waals surface area (Å²) in [5.74, 6) is 0.615. The number of H-pyrrole nitrogens is 1. The Hall–Kier alpha value is -0.960. The van der Waals surface area contributed by atoms with Crippen LogP contribution in [0.15, 0.2) is 11.2 Å². The summed E-state index contributed by atoms with van der Waals surface area (Å²) >= 11 is 0. The zero-order chi connectivity index (χ0) is 14.6. The largest absolute Gasteiger partial charge is 0.332 e. The lowest BCUT2D eigenvalue weighted by atomic mass is 10.2. The van der Waals surface area contributed by atoms with E-state index in [9.17, 15) is 8.42 Å². The van der Waals surface area contributed by atoms with Gasteiger partial charge in [-0.25, -0.2) is 13.4 Å². The van der Waals surface area contributed by atoms with Crippen molar-refractivity contribution in [3.05, 3.63) is 12.0 Å². The van der Waals surface area contributed by atoms with Gasteiger partial charge in [-0.1, -0.05) is 0 Å². The molecule has 0 atom stereocenters. The number of hydrogen-bond acceptors (Lipinski definition) is 5. The van der Waals surface area contributed by atoms with Crippen molar-refractivity contribution in [2.75, 3.05) is 39.3 Å². The van der Waals surface area contributed by atoms with Crippen molar-refractivity contribution in [1.29, 1.82) is 0 Å². The second kappa shape index (κ2) is 6.66. The number of unbranched alkanes of at least 4 members (excludes halogenated alkanes) is 1. The Bertz CT molecular complexity index is 520. The van der Waals surface area contributed by atoms with Gasteiger partial charge in [0.25, 0.3) is 10.0 Å². The smallest absolute Gasteiger partial charge is 0.260 e. The molecule has 1 fully saturated rings. The molecule has 0 saturated carbocycles. The Kier molecular flexibility index (Phi) is 5.14. The zero-order valence-electron chi connectivity index (χ0n) is 11.9. The summed E-state index contributed by atoms with van der Waals surface area (Å²) in [7, 11) is -3.42. The van der Waals surface area contributed by atoms with Crippen molar-refractivity contribution < 1.29 is 8.42 Å². The van der Waals surface area contributed by atoms with Crippen LogP contribution in [0.2, 0.25) is 0 Å². The number of imidazole rings is 1. The van der Waals surface area contributed by atoms with Gasteiger partial charge in [-0.2, -0.15) is 4.31 Å². The molecule has 0 amide bonds. The molecular weight excluding hydrogens is 278 g/mol. The molecule has 8 heteroatoms. The number of nitrogens with one attached hydrogen (secondary N) is 1. The van der Waals surface area contributed by atoms with Gasteiger partial charge in [-0.15, -0.1) is 0 Å². The second-order valence-electron chi connectivity index (χ2n) is 5.07. The van der Waals surface area contributed by atoms with Gasteiger partial charge in [0, 0.05) is 26.2 Å². The highest BCUT2D eigenvalue weighted by molar-refractivity contribution is 7.89. The SMILES string of the molecule is Cc1ncc(S(=O)(=O)N2CCN(CCCCN)CC2)[nH]1. The molecule has 2 heterocycles. The predicted molar refractivity (Wildman–Crippen MR) is 76.8 cm³/mol. The first-order chi connectivity index (χ1) is 9.54. The second-order valence-corrected chi connectivity index (χ2v) is 6.98. The van der Waals surface area contributed by atoms with E-state index in [4.69, 9.17) is 5.73 Å². The molecular formula is C12H23N5O2S. The molecule has 1 aromatic heterocycles. The first-order valence-corrected chi connectivity index (χ1v) is 8.42. The molecule has 1 saturated heterocycles. The van der Waals surface area contributed by atoms with Gasteiger partial charge in [0.15, 0.2) is 5.03 Å². The number of nitrogens with zero attached hydrogens (tertiary/aromatic N) is 3. The van der Waals surface area contributed by atoms with Crippen LogP contribution in [0.3, 0.4) is 0 Å². The zero-order valence-corrected chi connectivity index (χ0v) is 12.7. The van der Waals surface area contributed by atoms with E-state index in [0.717, 1.165) is 32.5 Å². The van der Waals surface area contributed by atoms with Gasteiger partial charge in [-0.05, 0) is 32.9 Å². The molecule has 0 bridgehead atoms. The fraction of sp³-hybridized carbons (Fsp3) is 0.750. The van der Waals surface area contributed by atoms with Gasteiger partial charge in [-0.3, -0.25) is 0 Å². The number of aryl methyl sites for hydroxylation is 1. The van der Waals surface area contributed by atoms with Gasteiger partial charge in [0.05, 0.1) is 6.20 Å². The fourth-order valence-electron chi connectivity index (χ4n) is 2.34. The van der Waals surface area contributed by atoms with Crippen molar-refractivity contribution in [1.82, 2.24) is 19.2 Å². The van der Waals surface area contributed by atoms with Crippen LogP contribution < -0.4 is 5.73 Å². The molecule has 7 nitrogen and oxygen atoms in total. The molecule has 0 radical (unpaired) electrons. The maximum Gasteiger partial charge on any atom is 0.260 e. The number of rotatable bonds is 6. The van der Waals surface area contributed by atoms with Gasteiger partial charge >= 0.3 is 0 Å². The minimum atomic E-state index is -3.42. The first-order valence-electron chi connectivity index (χ1n) is 6.98. The normalized spacial score (nSPS) is 18.5. The van der Waals surface area contributed by atoms with Crippen LogP contribution in [0, 0.1) is 6.92 Å². The number of sulfonamides is 1. The highest BCUT2D eigenvalue weighted by Gasteiger charge is 2.29. The van der Waals surface area contributed by atoms with E-state index in [0.29, 0.717) is 25.5 Å². The standard InChI is InChI=1S/C12H23N5O2S/c1-11-14-10-12(15-11)20(18,19)17-8-6-16(7-9-17)5-3-2-4-13/h10H,2-9,13H2,1H3,(H,14,15). The predicted octanol–water partition coefficient (Wildman–Crippen LogP) is -0.237. The van der Waals surface area contributed by atoms with Crippen molar-refractivity contribution in [2.24, 2.45) is 5.73 Å². The highest BCUT2D eigenvalue weighted by Crippen LogP contribution is 2.15. The topological polar surface area (TPSA) is 95.3 Å². The van der Waals surface area contributed by atoms with E-state index >= 15 is 0 Å². The molecule has 3 N–H and O–H groups in total. The number of hydrogen-bond donors (Lipinski definition) is 2. The van der Waals surface area contributed by atoms with E-state index in [1.165, 1.54) is 10.5 Å². The highest BCUT2D eigenvalue weighted by atomic mass is 32.2. The molecule has 0 spiro atoms. The Balaban J connectivity index is 1.90. The number of aromatic nitrogens is 2. The van der Waals surface area contributed by atoms with Crippen LogP contribution in [-0.2, 0) is 10.0 Å². The number of nitrogens with two attached hydrogens (primary N) is 1. The van der Waals surface area contributed by atoms with E-state index in [1.807, 2.05) is 0 Å². The lowest BCUT2D eigenvalue weighted by Gasteiger charge is -2.33. The Morgan fingerprint density at radius 1 is 1.30 bits per heavy atom. The average molecular weight is 301 g/mol. The Morgan fingerprint density at radius 2 is 2.00 bits per heavy atom. The third-order valence-corrected chi connectivity index (χ3v) is 5.37. The Morgan fingerprint density at radius 3 is 2.55 bits per heavy atom. The quantitative estimate of drug-likeness (QED) is 0.707. The fourth-order valence-corrected chi connectivity index (χ4v) is 3.73. The monoisotopic (exact) mass is 301 g/mol. The molecule has 1 aliphatic rings. The van der Waals surface area contributed by atoms with E-state index in [2.05, 4.69) is 14.9 Å². The molecule has 0 unspecified atom stereocenters. The maximum atomic E-state index is 12.4. The summed E-state index contributed by atoms with van der Waals surface area (Å²) in [6, 6.07) is 0. The summed E-state index contributed by atoms with van der Waals surface area (Å²) in [6.07, 6.45) is 3.48. The van der Waals surface area contributed by atoms with Gasteiger partial charge in [0.1, 0.15) is 5.82 Å². The number of piperazine rings is 1. The van der Waals surface area contributed by atoms with Gasteiger partial charge < -0.3 is 15.6 Å². The summed E-state index contributed by atoms with van der Waals surface area (Å²) in [4.78, 5) is 9.05. The van der Waals surface area contributed by atoms with Crippen LogP contribution in [-0.4, -0.2) is 66.9 Å². The lowest BCUT2D eigenvalue weighted by Crippen LogP contribution is -2.48. The van der Waals surface area contributed by atoms with E-state index in [-0.39, 0.29) is 5.03 Å². The molecule has 20 heavy (non-hydrogen) atoms. The Labute approximate surface area is 120 Å². The summed E-state index contributed by atoms with van der Waals surface area (Å²) in [5, 5.41) is 0.187. The molecule has 114 valence electrons. The summed E-state index contributed by atoms with van der Waals surface area (Å²) in [6.45, 7) is 6.07. The minimum absolute atomic E-state index is 0.187. The average Bonchev–Trinajstić information content (AvgIpc) is 2.87. The van der Waals surface area contributed by atoms with Crippen LogP contribution in [0.4, 0.5) is 0 Å². The van der Waals surface area contributed by atoms with E-state index in [1.54, 1.807) is 6.92 Å². The van der Waals surface area contributed by atoms with Crippen molar-refractivity contribution in [3.8, 4) is 0 Å². The van der Waals surface area contributed by atoms with E-state index < -0.39 is 10.0 Å². The molecule has 1 aliphatic heterocycles. The summed E-state index contributed by atoms with van der Waals surface area (Å²) < 4.78 is 26.3. The maximum absolute atomic E-state index is 12.4. The third-order valence-electron chi connectivity index (χ3n) is 3.56.